The molecule has 3 aromatic rings. The van der Waals surface area contributed by atoms with Crippen molar-refractivity contribution in [2.75, 3.05) is 26.3 Å². The summed E-state index contributed by atoms with van der Waals surface area (Å²) in [4.78, 5) is 23.3. The average molecular weight is 510 g/mol. The molecule has 2 aliphatic rings. The highest BCUT2D eigenvalue weighted by molar-refractivity contribution is 6.32. The minimum atomic E-state index is -0.318. The zero-order valence-electron chi connectivity index (χ0n) is 20.3. The second kappa shape index (κ2) is 9.96. The zero-order valence-corrected chi connectivity index (χ0v) is 21.1. The lowest BCUT2D eigenvalue weighted by Crippen LogP contribution is -2.46. The van der Waals surface area contributed by atoms with E-state index in [1.807, 2.05) is 30.7 Å². The molecule has 1 aromatic carbocycles. The summed E-state index contributed by atoms with van der Waals surface area (Å²) >= 11 is 6.44. The molecule has 1 amide bonds. The molecule has 0 radical (unpaired) electrons. The molecule has 1 unspecified atom stereocenters. The molecule has 36 heavy (non-hydrogen) atoms. The van der Waals surface area contributed by atoms with Gasteiger partial charge in [-0.25, -0.2) is 14.8 Å². The Hall–Kier alpha value is -3.35. The van der Waals surface area contributed by atoms with Gasteiger partial charge in [-0.05, 0) is 51.0 Å². The number of benzene rings is 1. The van der Waals surface area contributed by atoms with Gasteiger partial charge in [-0.1, -0.05) is 11.6 Å². The smallest absolute Gasteiger partial charge is 0.410 e. The van der Waals surface area contributed by atoms with E-state index in [2.05, 4.69) is 16.0 Å². The van der Waals surface area contributed by atoms with Crippen molar-refractivity contribution in [2.24, 2.45) is 5.92 Å². The van der Waals surface area contributed by atoms with Gasteiger partial charge in [0.15, 0.2) is 5.65 Å². The molecule has 3 heterocycles. The first-order valence-electron chi connectivity index (χ1n) is 12.1. The minimum absolute atomic E-state index is 0.0293. The van der Waals surface area contributed by atoms with Gasteiger partial charge in [-0.15, -0.1) is 0 Å². The molecule has 0 spiro atoms. The van der Waals surface area contributed by atoms with Gasteiger partial charge < -0.3 is 19.1 Å². The van der Waals surface area contributed by atoms with Gasteiger partial charge in [-0.3, -0.25) is 4.57 Å². The van der Waals surface area contributed by atoms with Crippen LogP contribution in [0.1, 0.15) is 38.7 Å². The standard InChI is InChI=1S/C26H28ClN5O4/c1-3-31(25(33)36-26(2)8-9-26)14-18-15-34-11-7-22(18)35-24-19-6-10-32(23(19)29-16-30-24)21-5-4-17(13-28)12-20(21)27/h4-6,10,12,16,18,22H,3,7-9,11,14-15H2,1-2H3/t18?,22-/m1/s1. The third-order valence-corrected chi connectivity index (χ3v) is 7.13. The van der Waals surface area contributed by atoms with Crippen molar-refractivity contribution >= 4 is 28.7 Å². The largest absolute Gasteiger partial charge is 0.473 e. The van der Waals surface area contributed by atoms with Gasteiger partial charge in [0, 0.05) is 31.6 Å². The Morgan fingerprint density at radius 3 is 2.92 bits per heavy atom. The molecule has 1 aliphatic carbocycles. The number of aromatic nitrogens is 3. The van der Waals surface area contributed by atoms with E-state index in [0.717, 1.165) is 18.2 Å². The van der Waals surface area contributed by atoms with Gasteiger partial charge >= 0.3 is 6.09 Å². The molecular weight excluding hydrogens is 482 g/mol. The van der Waals surface area contributed by atoms with E-state index in [4.69, 9.17) is 31.1 Å². The van der Waals surface area contributed by atoms with Crippen molar-refractivity contribution in [2.45, 2.75) is 44.8 Å². The summed E-state index contributed by atoms with van der Waals surface area (Å²) in [5.41, 5.74) is 1.52. The number of rotatable bonds is 7. The SMILES string of the molecule is CCN(CC1COCC[C@H]1Oc1ncnc2c1ccn2-c1ccc(C#N)cc1Cl)C(=O)OC1(C)CC1. The summed E-state index contributed by atoms with van der Waals surface area (Å²) in [7, 11) is 0. The average Bonchev–Trinajstić information content (AvgIpc) is 3.44. The summed E-state index contributed by atoms with van der Waals surface area (Å²) in [5, 5.41) is 10.3. The number of hydrogen-bond acceptors (Lipinski definition) is 7. The van der Waals surface area contributed by atoms with Crippen molar-refractivity contribution in [3.8, 4) is 17.6 Å². The van der Waals surface area contributed by atoms with Crippen molar-refractivity contribution in [3.05, 3.63) is 47.4 Å². The van der Waals surface area contributed by atoms with E-state index in [1.54, 1.807) is 23.1 Å². The number of halogens is 1. The van der Waals surface area contributed by atoms with E-state index in [-0.39, 0.29) is 23.7 Å². The van der Waals surface area contributed by atoms with Crippen LogP contribution in [0.15, 0.2) is 36.8 Å². The lowest BCUT2D eigenvalue weighted by Gasteiger charge is -2.35. The Bertz CT molecular complexity index is 1320. The van der Waals surface area contributed by atoms with Crippen molar-refractivity contribution in [1.82, 2.24) is 19.4 Å². The predicted octanol–water partition coefficient (Wildman–Crippen LogP) is 4.74. The van der Waals surface area contributed by atoms with Gasteiger partial charge in [-0.2, -0.15) is 5.26 Å². The molecule has 9 nitrogen and oxygen atoms in total. The molecule has 2 fully saturated rings. The number of fused-ring (bicyclic) bond motifs is 1. The van der Waals surface area contributed by atoms with Crippen LogP contribution >= 0.6 is 11.6 Å². The van der Waals surface area contributed by atoms with Crippen LogP contribution in [-0.2, 0) is 9.47 Å². The normalized spacial score (nSPS) is 20.5. The van der Waals surface area contributed by atoms with E-state index in [1.165, 1.54) is 6.33 Å². The number of hydrogen-bond donors (Lipinski definition) is 0. The molecule has 1 saturated carbocycles. The first kappa shape index (κ1) is 24.3. The molecule has 5 rings (SSSR count). The fourth-order valence-corrected chi connectivity index (χ4v) is 4.68. The van der Waals surface area contributed by atoms with Crippen LogP contribution in [0.3, 0.4) is 0 Å². The van der Waals surface area contributed by atoms with Crippen LogP contribution in [0.25, 0.3) is 16.7 Å². The maximum Gasteiger partial charge on any atom is 0.410 e. The summed E-state index contributed by atoms with van der Waals surface area (Å²) in [6.45, 7) is 6.00. The monoisotopic (exact) mass is 509 g/mol. The summed E-state index contributed by atoms with van der Waals surface area (Å²) in [6.07, 6.45) is 5.35. The molecule has 10 heteroatoms. The number of nitriles is 1. The second-order valence-electron chi connectivity index (χ2n) is 9.52. The maximum absolute atomic E-state index is 12.7. The van der Waals surface area contributed by atoms with E-state index in [9.17, 15) is 4.79 Å². The zero-order chi connectivity index (χ0) is 25.3. The molecule has 1 saturated heterocycles. The highest BCUT2D eigenvalue weighted by atomic mass is 35.5. The number of ether oxygens (including phenoxy) is 3. The van der Waals surface area contributed by atoms with Crippen LogP contribution in [-0.4, -0.2) is 63.5 Å². The van der Waals surface area contributed by atoms with Gasteiger partial charge in [0.2, 0.25) is 5.88 Å². The number of amides is 1. The minimum Gasteiger partial charge on any atom is -0.473 e. The van der Waals surface area contributed by atoms with Gasteiger partial charge in [0.05, 0.1) is 40.9 Å². The Morgan fingerprint density at radius 1 is 1.36 bits per heavy atom. The first-order valence-corrected chi connectivity index (χ1v) is 12.5. The fraction of sp³-hybridized carbons (Fsp3) is 0.462. The van der Waals surface area contributed by atoms with E-state index < -0.39 is 0 Å². The van der Waals surface area contributed by atoms with Crippen molar-refractivity contribution in [1.29, 1.82) is 5.26 Å². The molecule has 0 bridgehead atoms. The Morgan fingerprint density at radius 2 is 2.19 bits per heavy atom. The quantitative estimate of drug-likeness (QED) is 0.453. The summed E-state index contributed by atoms with van der Waals surface area (Å²) in [6, 6.07) is 9.11. The van der Waals surface area contributed by atoms with Crippen molar-refractivity contribution in [3.63, 3.8) is 0 Å². The lowest BCUT2D eigenvalue weighted by molar-refractivity contribution is -0.0371. The topological polar surface area (TPSA) is 103 Å². The molecule has 2 aromatic heterocycles. The molecular formula is C26H28ClN5O4. The number of carbonyl (C=O) groups excluding carboxylic acids is 1. The van der Waals surface area contributed by atoms with Crippen LogP contribution in [0.4, 0.5) is 4.79 Å². The van der Waals surface area contributed by atoms with Crippen LogP contribution in [0.2, 0.25) is 5.02 Å². The highest BCUT2D eigenvalue weighted by Crippen LogP contribution is 2.39. The number of nitrogens with zero attached hydrogens (tertiary/aromatic N) is 5. The molecule has 188 valence electrons. The van der Waals surface area contributed by atoms with Crippen molar-refractivity contribution < 1.29 is 19.0 Å². The third kappa shape index (κ3) is 4.97. The summed E-state index contributed by atoms with van der Waals surface area (Å²) in [5.74, 6) is 0.440. The molecule has 2 atom stereocenters. The maximum atomic E-state index is 12.7. The van der Waals surface area contributed by atoms with E-state index >= 15 is 0 Å². The summed E-state index contributed by atoms with van der Waals surface area (Å²) < 4.78 is 19.7. The molecule has 0 N–H and O–H groups in total. The van der Waals surface area contributed by atoms with Gasteiger partial charge in [0.25, 0.3) is 0 Å². The Balaban J connectivity index is 1.36. The number of carbonyl (C=O) groups is 1. The highest BCUT2D eigenvalue weighted by Gasteiger charge is 2.43. The predicted molar refractivity (Wildman–Crippen MR) is 133 cm³/mol. The molecule has 1 aliphatic heterocycles. The van der Waals surface area contributed by atoms with E-state index in [0.29, 0.717) is 60.5 Å². The lowest BCUT2D eigenvalue weighted by atomic mass is 9.98. The van der Waals surface area contributed by atoms with Crippen LogP contribution in [0.5, 0.6) is 5.88 Å². The van der Waals surface area contributed by atoms with Crippen LogP contribution < -0.4 is 4.74 Å². The van der Waals surface area contributed by atoms with Gasteiger partial charge in [0.1, 0.15) is 18.0 Å². The Kier molecular flexibility index (Phi) is 6.73. The Labute approximate surface area is 214 Å². The fourth-order valence-electron chi connectivity index (χ4n) is 4.40. The third-order valence-electron chi connectivity index (χ3n) is 6.83. The second-order valence-corrected chi connectivity index (χ2v) is 9.92. The van der Waals surface area contributed by atoms with Crippen LogP contribution in [0, 0.1) is 17.2 Å². The first-order chi connectivity index (χ1) is 17.4.